The van der Waals surface area contributed by atoms with Crippen LogP contribution in [0.1, 0.15) is 22.6 Å². The van der Waals surface area contributed by atoms with E-state index in [9.17, 15) is 4.79 Å². The molecule has 4 heteroatoms. The highest BCUT2D eigenvalue weighted by Crippen LogP contribution is 2.30. The number of rotatable bonds is 2. The molecule has 16 heavy (non-hydrogen) atoms. The third-order valence-corrected chi connectivity index (χ3v) is 4.31. The van der Waals surface area contributed by atoms with Gasteiger partial charge in [0.2, 0.25) is 0 Å². The molecule has 0 fully saturated rings. The van der Waals surface area contributed by atoms with E-state index in [4.69, 9.17) is 0 Å². The van der Waals surface area contributed by atoms with Crippen LogP contribution in [-0.4, -0.2) is 9.97 Å². The van der Waals surface area contributed by atoms with E-state index < -0.39 is 0 Å². The van der Waals surface area contributed by atoms with Gasteiger partial charge in [-0.3, -0.25) is 0 Å². The first-order valence-electron chi connectivity index (χ1n) is 5.63. The maximum absolute atomic E-state index is 11.0. The lowest BCUT2D eigenvalue weighted by Gasteiger charge is -2.21. The standard InChI is InChI=1S/C12H14N2OS/c15-12-13-7-10(14-12)6-8-1-2-11-9(5-8)3-4-16-11/h3-4,7-8H,1-2,5-6H2,(H2,13,14,15). The zero-order chi connectivity index (χ0) is 11.0. The normalized spacial score (nSPS) is 19.6. The smallest absolute Gasteiger partial charge is 0.313 e. The maximum Gasteiger partial charge on any atom is 0.323 e. The van der Waals surface area contributed by atoms with Crippen molar-refractivity contribution in [3.63, 3.8) is 0 Å². The van der Waals surface area contributed by atoms with E-state index in [1.54, 1.807) is 11.1 Å². The van der Waals surface area contributed by atoms with Gasteiger partial charge >= 0.3 is 5.69 Å². The minimum absolute atomic E-state index is 0.0953. The lowest BCUT2D eigenvalue weighted by molar-refractivity contribution is 0.456. The van der Waals surface area contributed by atoms with E-state index in [0.717, 1.165) is 18.5 Å². The number of hydrogen-bond acceptors (Lipinski definition) is 2. The molecule has 0 spiro atoms. The lowest BCUT2D eigenvalue weighted by atomic mass is 9.86. The van der Waals surface area contributed by atoms with Crippen LogP contribution in [0.3, 0.4) is 0 Å². The summed E-state index contributed by atoms with van der Waals surface area (Å²) in [6.07, 6.45) is 6.37. The molecule has 0 amide bonds. The van der Waals surface area contributed by atoms with Gasteiger partial charge in [-0.25, -0.2) is 4.79 Å². The SMILES string of the molecule is O=c1[nH]cc(CC2CCc3sccc3C2)[nH]1. The first-order chi connectivity index (χ1) is 7.81. The Balaban J connectivity index is 1.72. The number of nitrogens with one attached hydrogen (secondary N) is 2. The molecule has 1 atom stereocenters. The minimum atomic E-state index is -0.0953. The van der Waals surface area contributed by atoms with Crippen LogP contribution in [0.25, 0.3) is 0 Å². The van der Waals surface area contributed by atoms with Crippen molar-refractivity contribution in [3.05, 3.63) is 44.3 Å². The number of H-pyrrole nitrogens is 2. The summed E-state index contributed by atoms with van der Waals surface area (Å²) in [5.41, 5.74) is 2.45. The predicted molar refractivity (Wildman–Crippen MR) is 65.0 cm³/mol. The Morgan fingerprint density at radius 2 is 2.44 bits per heavy atom. The van der Waals surface area contributed by atoms with Gasteiger partial charge < -0.3 is 9.97 Å². The molecule has 0 aromatic carbocycles. The van der Waals surface area contributed by atoms with Crippen molar-refractivity contribution in [1.82, 2.24) is 9.97 Å². The molecule has 0 saturated heterocycles. The molecule has 0 saturated carbocycles. The predicted octanol–water partition coefficient (Wildman–Crippen LogP) is 2.11. The molecule has 2 aromatic heterocycles. The minimum Gasteiger partial charge on any atom is -0.313 e. The number of aryl methyl sites for hydroxylation is 1. The summed E-state index contributed by atoms with van der Waals surface area (Å²) >= 11 is 1.87. The molecular weight excluding hydrogens is 220 g/mol. The van der Waals surface area contributed by atoms with Gasteiger partial charge in [0.05, 0.1) is 0 Å². The molecule has 84 valence electrons. The Hall–Kier alpha value is -1.29. The number of imidazole rings is 1. The molecule has 1 aliphatic rings. The van der Waals surface area contributed by atoms with Crippen molar-refractivity contribution in [2.75, 3.05) is 0 Å². The van der Waals surface area contributed by atoms with E-state index in [1.807, 2.05) is 11.3 Å². The number of thiophene rings is 1. The van der Waals surface area contributed by atoms with E-state index in [-0.39, 0.29) is 5.69 Å². The molecule has 0 bridgehead atoms. The Morgan fingerprint density at radius 3 is 3.25 bits per heavy atom. The molecule has 3 nitrogen and oxygen atoms in total. The Morgan fingerprint density at radius 1 is 1.50 bits per heavy atom. The summed E-state index contributed by atoms with van der Waals surface area (Å²) in [4.78, 5) is 18.0. The first kappa shape index (κ1) is 9.90. The van der Waals surface area contributed by atoms with Crippen LogP contribution in [0, 0.1) is 5.92 Å². The van der Waals surface area contributed by atoms with E-state index in [2.05, 4.69) is 21.4 Å². The molecule has 2 N–H and O–H groups in total. The van der Waals surface area contributed by atoms with Crippen LogP contribution in [0.4, 0.5) is 0 Å². The average Bonchev–Trinajstić information content (AvgIpc) is 2.87. The van der Waals surface area contributed by atoms with Gasteiger partial charge in [-0.1, -0.05) is 0 Å². The van der Waals surface area contributed by atoms with Crippen LogP contribution < -0.4 is 5.69 Å². The van der Waals surface area contributed by atoms with Gasteiger partial charge in [-0.05, 0) is 48.6 Å². The van der Waals surface area contributed by atoms with E-state index in [1.165, 1.54) is 18.4 Å². The summed E-state index contributed by atoms with van der Waals surface area (Å²) in [6, 6.07) is 2.24. The lowest BCUT2D eigenvalue weighted by Crippen LogP contribution is -2.15. The fraction of sp³-hybridized carbons (Fsp3) is 0.417. The number of aromatic nitrogens is 2. The second kappa shape index (κ2) is 3.94. The van der Waals surface area contributed by atoms with Crippen molar-refractivity contribution in [3.8, 4) is 0 Å². The summed E-state index contributed by atoms with van der Waals surface area (Å²) in [7, 11) is 0. The second-order valence-electron chi connectivity index (χ2n) is 4.45. The van der Waals surface area contributed by atoms with Crippen LogP contribution in [0.5, 0.6) is 0 Å². The highest BCUT2D eigenvalue weighted by Gasteiger charge is 2.20. The molecule has 3 rings (SSSR count). The third kappa shape index (κ3) is 1.85. The summed E-state index contributed by atoms with van der Waals surface area (Å²) in [6.45, 7) is 0. The highest BCUT2D eigenvalue weighted by atomic mass is 32.1. The van der Waals surface area contributed by atoms with Gasteiger partial charge in [0, 0.05) is 16.8 Å². The summed E-state index contributed by atoms with van der Waals surface area (Å²) in [5.74, 6) is 0.675. The zero-order valence-electron chi connectivity index (χ0n) is 8.95. The topological polar surface area (TPSA) is 48.6 Å². The second-order valence-corrected chi connectivity index (χ2v) is 5.45. The van der Waals surface area contributed by atoms with Crippen LogP contribution in [0.15, 0.2) is 22.4 Å². The summed E-state index contributed by atoms with van der Waals surface area (Å²) < 4.78 is 0. The van der Waals surface area contributed by atoms with Crippen molar-refractivity contribution < 1.29 is 0 Å². The number of aromatic amines is 2. The monoisotopic (exact) mass is 234 g/mol. The van der Waals surface area contributed by atoms with Crippen molar-refractivity contribution in [2.45, 2.75) is 25.7 Å². The Bertz CT molecular complexity index is 537. The molecule has 2 aromatic rings. The maximum atomic E-state index is 11.0. The van der Waals surface area contributed by atoms with Gasteiger partial charge in [0.1, 0.15) is 0 Å². The average molecular weight is 234 g/mol. The van der Waals surface area contributed by atoms with Crippen molar-refractivity contribution in [1.29, 1.82) is 0 Å². The largest absolute Gasteiger partial charge is 0.323 e. The van der Waals surface area contributed by atoms with E-state index in [0.29, 0.717) is 5.92 Å². The van der Waals surface area contributed by atoms with Crippen LogP contribution >= 0.6 is 11.3 Å². The first-order valence-corrected chi connectivity index (χ1v) is 6.51. The quantitative estimate of drug-likeness (QED) is 0.821. The highest BCUT2D eigenvalue weighted by molar-refractivity contribution is 7.10. The van der Waals surface area contributed by atoms with Gasteiger partial charge in [0.25, 0.3) is 0 Å². The Labute approximate surface area is 97.5 Å². The third-order valence-electron chi connectivity index (χ3n) is 3.29. The van der Waals surface area contributed by atoms with Crippen molar-refractivity contribution in [2.24, 2.45) is 5.92 Å². The van der Waals surface area contributed by atoms with Gasteiger partial charge in [-0.2, -0.15) is 0 Å². The molecule has 1 unspecified atom stereocenters. The molecule has 0 radical (unpaired) electrons. The fourth-order valence-corrected chi connectivity index (χ4v) is 3.42. The number of fused-ring (bicyclic) bond motifs is 1. The van der Waals surface area contributed by atoms with Gasteiger partial charge in [-0.15, -0.1) is 11.3 Å². The fourth-order valence-electron chi connectivity index (χ4n) is 2.48. The van der Waals surface area contributed by atoms with Gasteiger partial charge in [0.15, 0.2) is 0 Å². The molecule has 2 heterocycles. The molecule has 0 aliphatic heterocycles. The molecular formula is C12H14N2OS. The van der Waals surface area contributed by atoms with Crippen molar-refractivity contribution >= 4 is 11.3 Å². The van der Waals surface area contributed by atoms with E-state index >= 15 is 0 Å². The molecule has 1 aliphatic carbocycles. The number of hydrogen-bond donors (Lipinski definition) is 2. The van der Waals surface area contributed by atoms with Crippen LogP contribution in [0.2, 0.25) is 0 Å². The summed E-state index contributed by atoms with van der Waals surface area (Å²) in [5, 5.41) is 2.19. The van der Waals surface area contributed by atoms with Crippen LogP contribution in [-0.2, 0) is 19.3 Å². The Kier molecular flexibility index (Phi) is 2.44. The zero-order valence-corrected chi connectivity index (χ0v) is 9.77.